The Bertz CT molecular complexity index is 992. The molecule has 2 aromatic heterocycles. The fourth-order valence-corrected chi connectivity index (χ4v) is 3.26. The number of carbonyl (C=O) groups is 1. The van der Waals surface area contributed by atoms with Crippen LogP contribution < -0.4 is 9.47 Å². The minimum absolute atomic E-state index is 0.104. The lowest BCUT2D eigenvalue weighted by molar-refractivity contribution is 0.0510. The number of aromatic amines is 1. The second-order valence-corrected chi connectivity index (χ2v) is 6.72. The monoisotopic (exact) mass is 397 g/mol. The van der Waals surface area contributed by atoms with Crippen LogP contribution in [0.4, 0.5) is 4.39 Å². The van der Waals surface area contributed by atoms with E-state index in [9.17, 15) is 9.18 Å². The Morgan fingerprint density at radius 3 is 2.90 bits per heavy atom. The molecule has 1 fully saturated rings. The molecule has 150 valence electrons. The number of amides is 1. The van der Waals surface area contributed by atoms with Crippen LogP contribution in [0.15, 0.2) is 42.7 Å². The molecular formula is C20H20FN5O3. The van der Waals surface area contributed by atoms with Gasteiger partial charge in [0.05, 0.1) is 31.7 Å². The zero-order valence-corrected chi connectivity index (χ0v) is 15.8. The summed E-state index contributed by atoms with van der Waals surface area (Å²) in [6.45, 7) is 1.02. The van der Waals surface area contributed by atoms with Crippen molar-refractivity contribution in [1.82, 2.24) is 25.1 Å². The maximum atomic E-state index is 12.9. The summed E-state index contributed by atoms with van der Waals surface area (Å²) >= 11 is 0. The Labute approximate surface area is 166 Å². The van der Waals surface area contributed by atoms with Crippen molar-refractivity contribution in [2.45, 2.75) is 18.9 Å². The van der Waals surface area contributed by atoms with E-state index < -0.39 is 5.82 Å². The summed E-state index contributed by atoms with van der Waals surface area (Å²) in [5.74, 6) is 0.0428. The molecule has 1 aliphatic rings. The summed E-state index contributed by atoms with van der Waals surface area (Å²) < 4.78 is 23.9. The first-order valence-electron chi connectivity index (χ1n) is 9.25. The highest BCUT2D eigenvalue weighted by molar-refractivity contribution is 5.93. The number of aromatic nitrogens is 4. The van der Waals surface area contributed by atoms with Crippen LogP contribution in [-0.4, -0.2) is 57.3 Å². The van der Waals surface area contributed by atoms with E-state index in [4.69, 9.17) is 9.47 Å². The molecular weight excluding hydrogens is 377 g/mol. The topological polar surface area (TPSA) is 93.2 Å². The number of ether oxygens (including phenoxy) is 2. The van der Waals surface area contributed by atoms with E-state index in [0.717, 1.165) is 36.5 Å². The molecule has 0 saturated carbocycles. The first kappa shape index (κ1) is 18.9. The van der Waals surface area contributed by atoms with Gasteiger partial charge in [-0.2, -0.15) is 5.10 Å². The number of hydrogen-bond acceptors (Lipinski definition) is 6. The number of halogens is 1. The van der Waals surface area contributed by atoms with Crippen LogP contribution in [0, 0.1) is 5.82 Å². The predicted octanol–water partition coefficient (Wildman–Crippen LogP) is 2.70. The maximum absolute atomic E-state index is 12.9. The molecule has 9 heteroatoms. The van der Waals surface area contributed by atoms with E-state index in [1.165, 1.54) is 0 Å². The van der Waals surface area contributed by atoms with Crippen LogP contribution in [0.3, 0.4) is 0 Å². The van der Waals surface area contributed by atoms with Crippen molar-refractivity contribution in [3.63, 3.8) is 0 Å². The number of nitrogens with zero attached hydrogens (tertiary/aromatic N) is 4. The summed E-state index contributed by atoms with van der Waals surface area (Å²) in [5.41, 5.74) is 1.92. The number of likely N-dealkylation sites (tertiary alicyclic amines) is 1. The van der Waals surface area contributed by atoms with Gasteiger partial charge in [0.25, 0.3) is 5.91 Å². The quantitative estimate of drug-likeness (QED) is 0.712. The number of H-pyrrole nitrogens is 1. The van der Waals surface area contributed by atoms with E-state index in [1.54, 1.807) is 18.1 Å². The number of nitrogens with one attached hydrogen (secondary N) is 1. The Hall–Kier alpha value is -3.49. The first-order valence-corrected chi connectivity index (χ1v) is 9.25. The molecule has 0 spiro atoms. The summed E-state index contributed by atoms with van der Waals surface area (Å²) in [7, 11) is 1.60. The number of piperidine rings is 1. The number of carbonyl (C=O) groups excluding carboxylic acids is 1. The largest absolute Gasteiger partial charge is 0.497 e. The second kappa shape index (κ2) is 8.26. The molecule has 0 aliphatic carbocycles. The Morgan fingerprint density at radius 2 is 2.10 bits per heavy atom. The third kappa shape index (κ3) is 4.34. The van der Waals surface area contributed by atoms with E-state index in [-0.39, 0.29) is 18.0 Å². The molecule has 1 aliphatic heterocycles. The molecule has 4 rings (SSSR count). The molecule has 0 radical (unpaired) electrons. The lowest BCUT2D eigenvalue weighted by atomic mass is 10.1. The Kier molecular flexibility index (Phi) is 5.37. The molecule has 1 amide bonds. The summed E-state index contributed by atoms with van der Waals surface area (Å²) in [6, 6.07) is 9.31. The zero-order valence-electron chi connectivity index (χ0n) is 15.8. The van der Waals surface area contributed by atoms with Crippen LogP contribution in [0.25, 0.3) is 11.3 Å². The van der Waals surface area contributed by atoms with Crippen LogP contribution in [0.5, 0.6) is 11.8 Å². The predicted molar refractivity (Wildman–Crippen MR) is 102 cm³/mol. The highest BCUT2D eigenvalue weighted by Crippen LogP contribution is 2.24. The van der Waals surface area contributed by atoms with Gasteiger partial charge in [0.1, 0.15) is 17.5 Å². The average Bonchev–Trinajstić information content (AvgIpc) is 3.25. The fraction of sp³-hybridized carbons (Fsp3) is 0.300. The molecule has 1 unspecified atom stereocenters. The first-order chi connectivity index (χ1) is 14.1. The third-order valence-electron chi connectivity index (χ3n) is 4.71. The van der Waals surface area contributed by atoms with E-state index in [2.05, 4.69) is 20.2 Å². The fourth-order valence-electron chi connectivity index (χ4n) is 3.26. The van der Waals surface area contributed by atoms with Gasteiger partial charge in [-0.05, 0) is 31.0 Å². The Morgan fingerprint density at radius 1 is 1.28 bits per heavy atom. The van der Waals surface area contributed by atoms with Crippen molar-refractivity contribution >= 4 is 5.91 Å². The third-order valence-corrected chi connectivity index (χ3v) is 4.71. The molecule has 1 aromatic carbocycles. The van der Waals surface area contributed by atoms with E-state index in [0.29, 0.717) is 24.5 Å². The van der Waals surface area contributed by atoms with Gasteiger partial charge >= 0.3 is 6.01 Å². The van der Waals surface area contributed by atoms with Gasteiger partial charge in [-0.15, -0.1) is 0 Å². The number of methoxy groups -OCH3 is 1. The van der Waals surface area contributed by atoms with E-state index >= 15 is 0 Å². The number of hydrogen-bond donors (Lipinski definition) is 1. The molecule has 3 heterocycles. The van der Waals surface area contributed by atoms with E-state index in [1.807, 2.05) is 24.3 Å². The van der Waals surface area contributed by atoms with Crippen molar-refractivity contribution in [2.24, 2.45) is 0 Å². The summed E-state index contributed by atoms with van der Waals surface area (Å²) in [4.78, 5) is 22.2. The number of rotatable bonds is 5. The lowest BCUT2D eigenvalue weighted by Gasteiger charge is -2.31. The normalized spacial score (nSPS) is 16.5. The van der Waals surface area contributed by atoms with Gasteiger partial charge in [-0.3, -0.25) is 9.89 Å². The van der Waals surface area contributed by atoms with Gasteiger partial charge < -0.3 is 14.4 Å². The van der Waals surface area contributed by atoms with Crippen molar-refractivity contribution in [3.8, 4) is 23.0 Å². The molecule has 8 nitrogen and oxygen atoms in total. The smallest absolute Gasteiger partial charge is 0.316 e. The van der Waals surface area contributed by atoms with Gasteiger partial charge in [-0.1, -0.05) is 12.1 Å². The molecule has 1 N–H and O–H groups in total. The molecule has 0 bridgehead atoms. The second-order valence-electron chi connectivity index (χ2n) is 6.72. The van der Waals surface area contributed by atoms with Gasteiger partial charge in [0, 0.05) is 12.1 Å². The van der Waals surface area contributed by atoms with Crippen LogP contribution in [0.1, 0.15) is 23.3 Å². The van der Waals surface area contributed by atoms with Gasteiger partial charge in [0.15, 0.2) is 5.82 Å². The van der Waals surface area contributed by atoms with Crippen molar-refractivity contribution in [3.05, 3.63) is 54.2 Å². The lowest BCUT2D eigenvalue weighted by Crippen LogP contribution is -2.44. The highest BCUT2D eigenvalue weighted by atomic mass is 19.1. The van der Waals surface area contributed by atoms with Crippen LogP contribution in [-0.2, 0) is 0 Å². The zero-order chi connectivity index (χ0) is 20.2. The molecule has 1 atom stereocenters. The highest BCUT2D eigenvalue weighted by Gasteiger charge is 2.27. The van der Waals surface area contributed by atoms with Crippen molar-refractivity contribution in [2.75, 3.05) is 20.2 Å². The summed E-state index contributed by atoms with van der Waals surface area (Å²) in [5, 5.41) is 7.08. The van der Waals surface area contributed by atoms with Gasteiger partial charge in [0.2, 0.25) is 0 Å². The molecule has 29 heavy (non-hydrogen) atoms. The molecule has 3 aromatic rings. The van der Waals surface area contributed by atoms with Crippen LogP contribution in [0.2, 0.25) is 0 Å². The van der Waals surface area contributed by atoms with Crippen LogP contribution >= 0.6 is 0 Å². The van der Waals surface area contributed by atoms with Gasteiger partial charge in [-0.25, -0.2) is 14.4 Å². The average molecular weight is 397 g/mol. The summed E-state index contributed by atoms with van der Waals surface area (Å²) in [6.07, 6.45) is 3.41. The maximum Gasteiger partial charge on any atom is 0.316 e. The minimum Gasteiger partial charge on any atom is -0.497 e. The molecule has 1 saturated heterocycles. The standard InChI is InChI=1S/C20H20FN5O3/c1-28-15-5-2-4-13(8-15)17-9-18(25-24-17)19(27)26-7-3-6-16(12-26)29-20-22-10-14(21)11-23-20/h2,4-5,8-11,16H,3,6-7,12H2,1H3,(H,24,25). The van der Waals surface area contributed by atoms with Crippen molar-refractivity contribution < 1.29 is 18.7 Å². The minimum atomic E-state index is -0.524. The number of benzene rings is 1. The SMILES string of the molecule is COc1cccc(-c2cc(C(=O)N3CCCC(Oc4ncc(F)cn4)C3)[nH]n2)c1. The Balaban J connectivity index is 1.43. The van der Waals surface area contributed by atoms with Crippen molar-refractivity contribution in [1.29, 1.82) is 0 Å².